The number of rotatable bonds is 56. The molecular formula is C60H120N2O6P+. The molecule has 0 saturated heterocycles. The number of carbonyl (C=O) groups excluding carboxylic acids is 1. The third-order valence-corrected chi connectivity index (χ3v) is 14.9. The minimum absolute atomic E-state index is 0.0587. The minimum atomic E-state index is -4.35. The smallest absolute Gasteiger partial charge is 0.387 e. The number of nitrogens with zero attached hydrogens (tertiary/aromatic N) is 1. The summed E-state index contributed by atoms with van der Waals surface area (Å²) in [7, 11) is 1.57. The van der Waals surface area contributed by atoms with E-state index < -0.39 is 20.0 Å². The Bertz CT molecular complexity index is 1170. The summed E-state index contributed by atoms with van der Waals surface area (Å²) >= 11 is 0. The summed E-state index contributed by atoms with van der Waals surface area (Å²) < 4.78 is 23.7. The Morgan fingerprint density at radius 3 is 1.16 bits per heavy atom. The molecule has 3 atom stereocenters. The van der Waals surface area contributed by atoms with Crippen molar-refractivity contribution in [3.05, 3.63) is 24.3 Å². The van der Waals surface area contributed by atoms with E-state index in [0.29, 0.717) is 17.4 Å². The molecule has 0 aliphatic heterocycles. The number of amides is 1. The van der Waals surface area contributed by atoms with Gasteiger partial charge in [-0.2, -0.15) is 0 Å². The van der Waals surface area contributed by atoms with Crippen LogP contribution in [0, 0.1) is 0 Å². The Labute approximate surface area is 430 Å². The molecule has 0 saturated carbocycles. The summed E-state index contributed by atoms with van der Waals surface area (Å²) in [4.78, 5) is 23.3. The molecule has 0 aromatic rings. The molecule has 0 aromatic carbocycles. The van der Waals surface area contributed by atoms with Crippen molar-refractivity contribution in [2.24, 2.45) is 0 Å². The Morgan fingerprint density at radius 1 is 0.478 bits per heavy atom. The molecule has 3 N–H and O–H groups in total. The van der Waals surface area contributed by atoms with Crippen molar-refractivity contribution >= 4 is 13.7 Å². The van der Waals surface area contributed by atoms with Crippen molar-refractivity contribution in [1.29, 1.82) is 0 Å². The highest BCUT2D eigenvalue weighted by Crippen LogP contribution is 2.43. The van der Waals surface area contributed by atoms with Crippen molar-refractivity contribution in [3.63, 3.8) is 0 Å². The van der Waals surface area contributed by atoms with Gasteiger partial charge in [0.1, 0.15) is 13.2 Å². The highest BCUT2D eigenvalue weighted by atomic mass is 31.2. The van der Waals surface area contributed by atoms with Crippen LogP contribution in [0.1, 0.15) is 303 Å². The fourth-order valence-corrected chi connectivity index (χ4v) is 9.92. The summed E-state index contributed by atoms with van der Waals surface area (Å²) in [6.07, 6.45) is 65.9. The number of phosphoric acid groups is 1. The van der Waals surface area contributed by atoms with Crippen LogP contribution < -0.4 is 5.32 Å². The van der Waals surface area contributed by atoms with E-state index in [2.05, 4.69) is 31.3 Å². The molecular weight excluding hydrogens is 876 g/mol. The third kappa shape index (κ3) is 54.6. The average Bonchev–Trinajstić information content (AvgIpc) is 3.31. The fourth-order valence-electron chi connectivity index (χ4n) is 9.18. The lowest BCUT2D eigenvalue weighted by Crippen LogP contribution is -2.45. The van der Waals surface area contributed by atoms with E-state index >= 15 is 0 Å². The second kappa shape index (κ2) is 51.9. The number of allylic oxidation sites excluding steroid dienone is 3. The van der Waals surface area contributed by atoms with Gasteiger partial charge in [0.25, 0.3) is 0 Å². The SMILES string of the molecule is CCCCCCCCCCCCCCCCCCCCCCCCCCCC/C=C/CC/C=C/C(O)C(COP(=O)(O)OCC[N+](C)(C)C)NC(=O)CCCCCCCCCCCCCCCCC. The quantitative estimate of drug-likeness (QED) is 0.0243. The van der Waals surface area contributed by atoms with Crippen LogP contribution in [0.25, 0.3) is 0 Å². The van der Waals surface area contributed by atoms with E-state index in [9.17, 15) is 19.4 Å². The maximum Gasteiger partial charge on any atom is 0.472 e. The number of aliphatic hydroxyl groups is 1. The zero-order valence-corrected chi connectivity index (χ0v) is 47.7. The first-order valence-corrected chi connectivity index (χ1v) is 31.7. The topological polar surface area (TPSA) is 105 Å². The van der Waals surface area contributed by atoms with E-state index in [1.807, 2.05) is 27.2 Å². The van der Waals surface area contributed by atoms with Gasteiger partial charge in [0.15, 0.2) is 0 Å². The number of quaternary nitrogens is 1. The van der Waals surface area contributed by atoms with Gasteiger partial charge in [-0.3, -0.25) is 13.8 Å². The first-order chi connectivity index (χ1) is 33.5. The lowest BCUT2D eigenvalue weighted by atomic mass is 10.0. The lowest BCUT2D eigenvalue weighted by molar-refractivity contribution is -0.870. The average molecular weight is 997 g/mol. The number of nitrogens with one attached hydrogen (secondary N) is 1. The minimum Gasteiger partial charge on any atom is -0.387 e. The molecule has 0 spiro atoms. The van der Waals surface area contributed by atoms with Gasteiger partial charge >= 0.3 is 7.82 Å². The molecule has 8 nitrogen and oxygen atoms in total. The number of hydrogen-bond donors (Lipinski definition) is 3. The van der Waals surface area contributed by atoms with Crippen LogP contribution in [-0.4, -0.2) is 73.4 Å². The number of likely N-dealkylation sites (N-methyl/N-ethyl adjacent to an activating group) is 1. The molecule has 0 heterocycles. The van der Waals surface area contributed by atoms with Crippen LogP contribution in [0.2, 0.25) is 0 Å². The maximum absolute atomic E-state index is 12.9. The number of hydrogen-bond acceptors (Lipinski definition) is 5. The predicted molar refractivity (Wildman–Crippen MR) is 300 cm³/mol. The standard InChI is InChI=1S/C60H119N2O6P/c1-6-8-10-12-14-16-18-20-22-23-24-25-26-27-28-29-30-31-32-33-34-35-36-37-38-40-41-43-45-47-49-51-53-59(63)58(57-68-69(65,66)67-56-55-62(3,4)5)61-60(64)54-52-50-48-46-44-42-39-21-19-17-15-13-11-9-7-2/h43,45,51,53,58-59,63H,6-42,44,46-50,52,54-57H2,1-5H3,(H-,61,64,65,66)/p+1/b45-43+,53-51+. The molecule has 1 amide bonds. The van der Waals surface area contributed by atoms with Crippen molar-refractivity contribution in [3.8, 4) is 0 Å². The van der Waals surface area contributed by atoms with Crippen LogP contribution in [0.15, 0.2) is 24.3 Å². The van der Waals surface area contributed by atoms with Gasteiger partial charge in [0, 0.05) is 6.42 Å². The Hall–Kier alpha value is -1.02. The molecule has 9 heteroatoms. The van der Waals surface area contributed by atoms with Gasteiger partial charge in [0.2, 0.25) is 5.91 Å². The van der Waals surface area contributed by atoms with Crippen LogP contribution in [0.4, 0.5) is 0 Å². The zero-order chi connectivity index (χ0) is 50.6. The van der Waals surface area contributed by atoms with E-state index in [4.69, 9.17) is 9.05 Å². The van der Waals surface area contributed by atoms with E-state index in [1.165, 1.54) is 244 Å². The molecule has 0 aromatic heterocycles. The Morgan fingerprint density at radius 2 is 0.797 bits per heavy atom. The molecule has 0 radical (unpaired) electrons. The first-order valence-electron chi connectivity index (χ1n) is 30.2. The van der Waals surface area contributed by atoms with E-state index in [1.54, 1.807) is 6.08 Å². The van der Waals surface area contributed by atoms with Crippen LogP contribution in [0.3, 0.4) is 0 Å². The highest BCUT2D eigenvalue weighted by molar-refractivity contribution is 7.47. The largest absolute Gasteiger partial charge is 0.472 e. The van der Waals surface area contributed by atoms with Gasteiger partial charge in [0.05, 0.1) is 39.9 Å². The number of carbonyl (C=O) groups is 1. The number of aliphatic hydroxyl groups excluding tert-OH is 1. The van der Waals surface area contributed by atoms with Gasteiger partial charge in [-0.25, -0.2) is 4.57 Å². The van der Waals surface area contributed by atoms with Crippen LogP contribution >= 0.6 is 7.82 Å². The molecule has 0 fully saturated rings. The molecule has 0 rings (SSSR count). The van der Waals surface area contributed by atoms with Crippen molar-refractivity contribution < 1.29 is 32.9 Å². The number of unbranched alkanes of at least 4 members (excludes halogenated alkanes) is 41. The van der Waals surface area contributed by atoms with Crippen molar-refractivity contribution in [2.45, 2.75) is 315 Å². The monoisotopic (exact) mass is 996 g/mol. The van der Waals surface area contributed by atoms with Crippen LogP contribution in [0.5, 0.6) is 0 Å². The molecule has 410 valence electrons. The molecule has 0 aliphatic rings. The Kier molecular flexibility index (Phi) is 51.1. The van der Waals surface area contributed by atoms with Crippen molar-refractivity contribution in [1.82, 2.24) is 5.32 Å². The number of phosphoric ester groups is 1. The van der Waals surface area contributed by atoms with Gasteiger partial charge in [-0.1, -0.05) is 289 Å². The summed E-state index contributed by atoms with van der Waals surface area (Å²) in [5, 5.41) is 13.9. The van der Waals surface area contributed by atoms with E-state index in [0.717, 1.165) is 38.5 Å². The second-order valence-corrected chi connectivity index (χ2v) is 23.5. The highest BCUT2D eigenvalue weighted by Gasteiger charge is 2.27. The molecule has 0 bridgehead atoms. The summed E-state index contributed by atoms with van der Waals surface area (Å²) in [5.74, 6) is -0.182. The summed E-state index contributed by atoms with van der Waals surface area (Å²) in [6.45, 7) is 4.84. The normalized spacial score (nSPS) is 14.0. The van der Waals surface area contributed by atoms with E-state index in [-0.39, 0.29) is 19.1 Å². The van der Waals surface area contributed by atoms with Crippen LogP contribution in [-0.2, 0) is 18.4 Å². The summed E-state index contributed by atoms with van der Waals surface area (Å²) in [5.41, 5.74) is 0. The lowest BCUT2D eigenvalue weighted by Gasteiger charge is -2.25. The Balaban J connectivity index is 4.09. The van der Waals surface area contributed by atoms with Crippen molar-refractivity contribution in [2.75, 3.05) is 40.9 Å². The molecule has 69 heavy (non-hydrogen) atoms. The maximum atomic E-state index is 12.9. The van der Waals surface area contributed by atoms with Gasteiger partial charge < -0.3 is 19.8 Å². The third-order valence-electron chi connectivity index (χ3n) is 13.9. The summed E-state index contributed by atoms with van der Waals surface area (Å²) in [6, 6.07) is -0.860. The fraction of sp³-hybridized carbons (Fsp3) is 0.917. The van der Waals surface area contributed by atoms with Gasteiger partial charge in [-0.05, 0) is 32.1 Å². The second-order valence-electron chi connectivity index (χ2n) is 22.1. The zero-order valence-electron chi connectivity index (χ0n) is 46.8. The van der Waals surface area contributed by atoms with Gasteiger partial charge in [-0.15, -0.1) is 0 Å². The first kappa shape index (κ1) is 68.0. The predicted octanol–water partition coefficient (Wildman–Crippen LogP) is 18.4. The molecule has 3 unspecified atom stereocenters. The molecule has 0 aliphatic carbocycles.